The maximum Gasteiger partial charge on any atom is 0.342 e. The van der Waals surface area contributed by atoms with Crippen LogP contribution in [0.1, 0.15) is 39.0 Å². The van der Waals surface area contributed by atoms with E-state index >= 15 is 0 Å². The van der Waals surface area contributed by atoms with Gasteiger partial charge in [0, 0.05) is 0 Å². The number of nitrogens with one attached hydrogen (secondary N) is 1. The summed E-state index contributed by atoms with van der Waals surface area (Å²) < 4.78 is 15.0. The largest absolute Gasteiger partial charge is 0.462 e. The molecule has 2 rings (SSSR count). The van der Waals surface area contributed by atoms with Crippen molar-refractivity contribution in [2.24, 2.45) is 5.73 Å². The number of carbonyl (C=O) groups excluding carboxylic acids is 4. The summed E-state index contributed by atoms with van der Waals surface area (Å²) in [6.45, 7) is 2.53. The molecule has 0 fully saturated rings. The van der Waals surface area contributed by atoms with Gasteiger partial charge in [-0.05, 0) is 36.2 Å². The molecule has 0 atom stereocenters. The van der Waals surface area contributed by atoms with Gasteiger partial charge in [-0.25, -0.2) is 4.79 Å². The number of anilines is 1. The lowest BCUT2D eigenvalue weighted by molar-refractivity contribution is -0.146. The van der Waals surface area contributed by atoms with Gasteiger partial charge in [-0.1, -0.05) is 0 Å². The summed E-state index contributed by atoms with van der Waals surface area (Å²) >= 11 is 1.44. The van der Waals surface area contributed by atoms with Crippen molar-refractivity contribution in [2.75, 3.05) is 18.5 Å². The molecule has 2 amide bonds. The summed E-state index contributed by atoms with van der Waals surface area (Å²) in [5.41, 5.74) is 5.61. The number of aryl methyl sites for hydroxylation is 1. The number of amides is 2. The van der Waals surface area contributed by atoms with Crippen LogP contribution in [-0.2, 0) is 25.5 Å². The predicted octanol–water partition coefficient (Wildman–Crippen LogP) is 1.65. The third kappa shape index (κ3) is 5.17. The number of esters is 2. The molecule has 2 aromatic rings. The second-order valence-electron chi connectivity index (χ2n) is 5.34. The van der Waals surface area contributed by atoms with Gasteiger partial charge >= 0.3 is 11.9 Å². The van der Waals surface area contributed by atoms with Crippen LogP contribution >= 0.6 is 11.3 Å². The first-order chi connectivity index (χ1) is 12.8. The second-order valence-corrected chi connectivity index (χ2v) is 6.12. The third-order valence-corrected chi connectivity index (χ3v) is 4.09. The number of thiophene rings is 1. The quantitative estimate of drug-likeness (QED) is 0.649. The van der Waals surface area contributed by atoms with Gasteiger partial charge in [0.25, 0.3) is 11.8 Å². The number of ether oxygens (including phenoxy) is 2. The van der Waals surface area contributed by atoms with Crippen LogP contribution < -0.4 is 11.1 Å². The van der Waals surface area contributed by atoms with Gasteiger partial charge < -0.3 is 19.6 Å². The highest BCUT2D eigenvalue weighted by atomic mass is 32.1. The summed E-state index contributed by atoms with van der Waals surface area (Å²) in [6, 6.07) is 1.77. The Morgan fingerprint density at radius 2 is 1.96 bits per heavy atom. The molecule has 3 N–H and O–H groups in total. The van der Waals surface area contributed by atoms with Gasteiger partial charge in [-0.3, -0.25) is 19.7 Å². The Bertz CT molecular complexity index is 855. The fourth-order valence-corrected chi connectivity index (χ4v) is 2.91. The zero-order valence-electron chi connectivity index (χ0n) is 14.7. The summed E-state index contributed by atoms with van der Waals surface area (Å²) in [6.07, 6.45) is 0.0379. The first kappa shape index (κ1) is 20.2. The fraction of sp³-hybridized carbons (Fsp3) is 0.294. The predicted molar refractivity (Wildman–Crippen MR) is 95.5 cm³/mol. The topological polar surface area (TPSA) is 138 Å². The van der Waals surface area contributed by atoms with Crippen LogP contribution in [0.3, 0.4) is 0 Å². The average Bonchev–Trinajstić information content (AvgIpc) is 3.20. The van der Waals surface area contributed by atoms with Crippen molar-refractivity contribution in [1.82, 2.24) is 0 Å². The van der Waals surface area contributed by atoms with E-state index in [1.165, 1.54) is 18.3 Å². The van der Waals surface area contributed by atoms with E-state index in [2.05, 4.69) is 5.32 Å². The van der Waals surface area contributed by atoms with Crippen molar-refractivity contribution in [3.8, 4) is 0 Å². The number of hydrogen-bond acceptors (Lipinski definition) is 8. The van der Waals surface area contributed by atoms with E-state index in [0.717, 1.165) is 5.56 Å². The minimum atomic E-state index is -0.973. The molecule has 0 aliphatic carbocycles. The lowest BCUT2D eigenvalue weighted by atomic mass is 10.1. The van der Waals surface area contributed by atoms with Gasteiger partial charge in [0.05, 0.1) is 13.0 Å². The number of nitrogens with two attached hydrogens (primary N) is 1. The lowest BCUT2D eigenvalue weighted by Crippen LogP contribution is -2.24. The molecule has 2 heterocycles. The minimum Gasteiger partial charge on any atom is -0.462 e. The van der Waals surface area contributed by atoms with Gasteiger partial charge in [-0.2, -0.15) is 11.3 Å². The smallest absolute Gasteiger partial charge is 0.342 e. The molecule has 0 spiro atoms. The average molecular weight is 394 g/mol. The van der Waals surface area contributed by atoms with E-state index in [1.807, 2.05) is 5.38 Å². The van der Waals surface area contributed by atoms with Gasteiger partial charge in [0.15, 0.2) is 6.61 Å². The molecule has 2 aromatic heterocycles. The standard InChI is InChI=1S/C17H18N2O7S/c1-3-24-17(23)13-9(2)26-16(14(13)15(18)22)19-11(20)7-25-12(21)6-10-4-5-27-8-10/h4-5,8H,3,6-7H2,1-2H3,(H2,18,22)(H,19,20). The highest BCUT2D eigenvalue weighted by Gasteiger charge is 2.29. The molecule has 0 bridgehead atoms. The molecular formula is C17H18N2O7S. The first-order valence-corrected chi connectivity index (χ1v) is 8.84. The van der Waals surface area contributed by atoms with E-state index in [9.17, 15) is 19.2 Å². The normalized spacial score (nSPS) is 10.3. The summed E-state index contributed by atoms with van der Waals surface area (Å²) in [5.74, 6) is -3.34. The molecule has 0 saturated heterocycles. The molecule has 9 nitrogen and oxygen atoms in total. The van der Waals surface area contributed by atoms with Crippen molar-refractivity contribution in [2.45, 2.75) is 20.3 Å². The Morgan fingerprint density at radius 1 is 1.22 bits per heavy atom. The van der Waals surface area contributed by atoms with Crippen molar-refractivity contribution in [3.63, 3.8) is 0 Å². The Hall–Kier alpha value is -3.14. The van der Waals surface area contributed by atoms with Crippen molar-refractivity contribution >= 4 is 41.0 Å². The van der Waals surface area contributed by atoms with E-state index < -0.39 is 30.4 Å². The molecule has 10 heteroatoms. The van der Waals surface area contributed by atoms with Crippen LogP contribution in [0.2, 0.25) is 0 Å². The maximum absolute atomic E-state index is 12.0. The minimum absolute atomic E-state index is 0.0379. The van der Waals surface area contributed by atoms with Crippen LogP contribution in [0.15, 0.2) is 21.2 Å². The Labute approximate surface area is 158 Å². The summed E-state index contributed by atoms with van der Waals surface area (Å²) in [4.78, 5) is 47.4. The number of carbonyl (C=O) groups is 4. The van der Waals surface area contributed by atoms with Crippen LogP contribution in [-0.4, -0.2) is 37.0 Å². The molecular weight excluding hydrogens is 376 g/mol. The van der Waals surface area contributed by atoms with Crippen LogP contribution in [0.25, 0.3) is 0 Å². The van der Waals surface area contributed by atoms with Crippen molar-refractivity contribution in [1.29, 1.82) is 0 Å². The number of furan rings is 1. The summed E-state index contributed by atoms with van der Waals surface area (Å²) in [7, 11) is 0. The Kier molecular flexibility index (Phi) is 6.72. The molecule has 0 radical (unpaired) electrons. The van der Waals surface area contributed by atoms with Gasteiger partial charge in [-0.15, -0.1) is 0 Å². The molecule has 0 unspecified atom stereocenters. The van der Waals surface area contributed by atoms with E-state index in [1.54, 1.807) is 18.4 Å². The van der Waals surface area contributed by atoms with E-state index in [0.29, 0.717) is 0 Å². The lowest BCUT2D eigenvalue weighted by Gasteiger charge is -2.06. The van der Waals surface area contributed by atoms with E-state index in [-0.39, 0.29) is 35.8 Å². The number of primary amides is 1. The molecule has 0 saturated carbocycles. The Morgan fingerprint density at radius 3 is 2.56 bits per heavy atom. The summed E-state index contributed by atoms with van der Waals surface area (Å²) in [5, 5.41) is 5.89. The third-order valence-electron chi connectivity index (χ3n) is 3.36. The Balaban J connectivity index is 2.04. The molecule has 0 aliphatic rings. The number of rotatable bonds is 8. The van der Waals surface area contributed by atoms with Crippen LogP contribution in [0.5, 0.6) is 0 Å². The van der Waals surface area contributed by atoms with Crippen LogP contribution in [0.4, 0.5) is 5.88 Å². The molecule has 27 heavy (non-hydrogen) atoms. The zero-order chi connectivity index (χ0) is 20.0. The second kappa shape index (κ2) is 8.99. The zero-order valence-corrected chi connectivity index (χ0v) is 15.5. The monoisotopic (exact) mass is 394 g/mol. The van der Waals surface area contributed by atoms with Crippen molar-refractivity contribution < 1.29 is 33.1 Å². The van der Waals surface area contributed by atoms with E-state index in [4.69, 9.17) is 19.6 Å². The fourth-order valence-electron chi connectivity index (χ4n) is 2.24. The molecule has 0 aliphatic heterocycles. The van der Waals surface area contributed by atoms with Crippen LogP contribution in [0, 0.1) is 6.92 Å². The highest BCUT2D eigenvalue weighted by molar-refractivity contribution is 7.08. The maximum atomic E-state index is 12.0. The SMILES string of the molecule is CCOC(=O)c1c(C)oc(NC(=O)COC(=O)Cc2ccsc2)c1C(N)=O. The number of hydrogen-bond donors (Lipinski definition) is 2. The van der Waals surface area contributed by atoms with Gasteiger partial charge in [0.1, 0.15) is 16.9 Å². The molecule has 144 valence electrons. The van der Waals surface area contributed by atoms with Crippen molar-refractivity contribution in [3.05, 3.63) is 39.3 Å². The van der Waals surface area contributed by atoms with Gasteiger partial charge in [0.2, 0.25) is 5.88 Å². The highest BCUT2D eigenvalue weighted by Crippen LogP contribution is 2.27. The first-order valence-electron chi connectivity index (χ1n) is 7.90. The molecule has 0 aromatic carbocycles.